The number of morpholine rings is 1. The minimum atomic E-state index is 0.438. The summed E-state index contributed by atoms with van der Waals surface area (Å²) < 4.78 is 12.3. The van der Waals surface area contributed by atoms with E-state index >= 15 is 0 Å². The Morgan fingerprint density at radius 1 is 1.22 bits per heavy atom. The number of hydrogen-bond acceptors (Lipinski definition) is 8. The van der Waals surface area contributed by atoms with Gasteiger partial charge in [-0.3, -0.25) is 0 Å². The summed E-state index contributed by atoms with van der Waals surface area (Å²) in [6.07, 6.45) is 7.09. The van der Waals surface area contributed by atoms with Crippen LogP contribution in [-0.4, -0.2) is 49.2 Å². The van der Waals surface area contributed by atoms with Crippen molar-refractivity contribution in [2.45, 2.75) is 6.92 Å². The van der Waals surface area contributed by atoms with Gasteiger partial charge in [0, 0.05) is 36.0 Å². The van der Waals surface area contributed by atoms with E-state index in [0.717, 1.165) is 42.0 Å². The average molecular weight is 497 g/mol. The predicted molar refractivity (Wildman–Crippen MR) is 132 cm³/mol. The van der Waals surface area contributed by atoms with Crippen LogP contribution >= 0.6 is 15.9 Å². The molecule has 2 aliphatic heterocycles. The monoisotopic (exact) mass is 496 g/mol. The first kappa shape index (κ1) is 22.0. The Morgan fingerprint density at radius 2 is 1.97 bits per heavy atom. The molecule has 1 fully saturated rings. The van der Waals surface area contributed by atoms with Gasteiger partial charge in [-0.1, -0.05) is 34.7 Å². The molecule has 9 heteroatoms. The standard InChI is InChI=1S/C23H25BrN6O2/c1-4-6-18(19(24)5-2)22-28-29(3)21-20(32-22)15-25-23(27-21)26-16-7-9-17(10-8-16)30-11-13-31-14-12-30/h4-10,15H,1,11-14H2,2-3H3,(H,25,26,27)/b18-6+,19-5+. The van der Waals surface area contributed by atoms with Crippen LogP contribution in [0.2, 0.25) is 0 Å². The number of rotatable bonds is 6. The van der Waals surface area contributed by atoms with Crippen molar-refractivity contribution in [1.82, 2.24) is 9.97 Å². The summed E-state index contributed by atoms with van der Waals surface area (Å²) in [5.41, 5.74) is 2.86. The fourth-order valence-electron chi connectivity index (χ4n) is 3.38. The molecule has 3 heterocycles. The van der Waals surface area contributed by atoms with E-state index in [-0.39, 0.29) is 0 Å². The number of hydrazone groups is 1. The smallest absolute Gasteiger partial charge is 0.245 e. The van der Waals surface area contributed by atoms with Crippen LogP contribution in [0.1, 0.15) is 6.92 Å². The Balaban J connectivity index is 1.50. The number of halogens is 1. The first-order valence-electron chi connectivity index (χ1n) is 10.3. The van der Waals surface area contributed by atoms with Gasteiger partial charge in [0.25, 0.3) is 0 Å². The molecule has 0 unspecified atom stereocenters. The number of benzene rings is 1. The van der Waals surface area contributed by atoms with Crippen molar-refractivity contribution in [3.8, 4) is 5.75 Å². The lowest BCUT2D eigenvalue weighted by Crippen LogP contribution is -2.36. The lowest BCUT2D eigenvalue weighted by Gasteiger charge is -2.29. The summed E-state index contributed by atoms with van der Waals surface area (Å²) in [6.45, 7) is 9.04. The van der Waals surface area contributed by atoms with E-state index in [1.807, 2.05) is 38.3 Å². The normalized spacial score (nSPS) is 16.8. The van der Waals surface area contributed by atoms with E-state index in [1.165, 1.54) is 5.69 Å². The highest BCUT2D eigenvalue weighted by Crippen LogP contribution is 2.33. The number of aromatic nitrogens is 2. The molecule has 2 aliphatic rings. The Kier molecular flexibility index (Phi) is 6.87. The van der Waals surface area contributed by atoms with Crippen LogP contribution in [0.15, 0.2) is 70.4 Å². The van der Waals surface area contributed by atoms with Crippen molar-refractivity contribution in [1.29, 1.82) is 0 Å². The number of anilines is 4. The number of hydrogen-bond donors (Lipinski definition) is 1. The van der Waals surface area contributed by atoms with E-state index in [0.29, 0.717) is 23.4 Å². The number of nitrogens with one attached hydrogen (secondary N) is 1. The summed E-state index contributed by atoms with van der Waals surface area (Å²) in [5, 5.41) is 9.46. The topological polar surface area (TPSA) is 75.1 Å². The highest BCUT2D eigenvalue weighted by Gasteiger charge is 2.24. The third kappa shape index (κ3) is 4.84. The van der Waals surface area contributed by atoms with Gasteiger partial charge < -0.3 is 19.7 Å². The zero-order valence-corrected chi connectivity index (χ0v) is 19.7. The molecule has 0 saturated carbocycles. The van der Waals surface area contributed by atoms with Gasteiger partial charge in [0.15, 0.2) is 11.6 Å². The van der Waals surface area contributed by atoms with Crippen molar-refractivity contribution in [3.63, 3.8) is 0 Å². The molecule has 1 N–H and O–H groups in total. The third-order valence-corrected chi connectivity index (χ3v) is 5.90. The number of nitrogens with zero attached hydrogens (tertiary/aromatic N) is 5. The molecule has 0 atom stereocenters. The minimum Gasteiger partial charge on any atom is -0.431 e. The maximum Gasteiger partial charge on any atom is 0.245 e. The summed E-state index contributed by atoms with van der Waals surface area (Å²) in [7, 11) is 1.82. The maximum absolute atomic E-state index is 5.98. The highest BCUT2D eigenvalue weighted by atomic mass is 79.9. The first-order chi connectivity index (χ1) is 15.6. The van der Waals surface area contributed by atoms with Crippen molar-refractivity contribution < 1.29 is 9.47 Å². The van der Waals surface area contributed by atoms with Crippen LogP contribution in [0.4, 0.5) is 23.1 Å². The van der Waals surface area contributed by atoms with Gasteiger partial charge >= 0.3 is 0 Å². The molecule has 32 heavy (non-hydrogen) atoms. The van der Waals surface area contributed by atoms with Gasteiger partial charge in [-0.05, 0) is 37.3 Å². The molecule has 1 aromatic heterocycles. The van der Waals surface area contributed by atoms with Crippen LogP contribution in [0.3, 0.4) is 0 Å². The third-order valence-electron chi connectivity index (χ3n) is 5.02. The van der Waals surface area contributed by atoms with Gasteiger partial charge in [-0.25, -0.2) is 9.99 Å². The lowest BCUT2D eigenvalue weighted by molar-refractivity contribution is 0.122. The van der Waals surface area contributed by atoms with Crippen LogP contribution in [0.5, 0.6) is 5.75 Å². The Morgan fingerprint density at radius 3 is 2.66 bits per heavy atom. The number of allylic oxidation sites excluding steroid dienone is 3. The number of fused-ring (bicyclic) bond motifs is 1. The van der Waals surface area contributed by atoms with Gasteiger partial charge in [-0.15, -0.1) is 5.10 Å². The highest BCUT2D eigenvalue weighted by molar-refractivity contribution is 9.12. The summed E-state index contributed by atoms with van der Waals surface area (Å²) in [4.78, 5) is 11.3. The molecule has 1 saturated heterocycles. The molecule has 4 rings (SSSR count). The Hall–Kier alpha value is -3.17. The largest absolute Gasteiger partial charge is 0.431 e. The predicted octanol–water partition coefficient (Wildman–Crippen LogP) is 4.61. The van der Waals surface area contributed by atoms with E-state index < -0.39 is 0 Å². The molecule has 0 aliphatic carbocycles. The first-order valence-corrected chi connectivity index (χ1v) is 11.1. The van der Waals surface area contributed by atoms with E-state index in [9.17, 15) is 0 Å². The summed E-state index contributed by atoms with van der Waals surface area (Å²) >= 11 is 3.53. The molecule has 1 aromatic carbocycles. The van der Waals surface area contributed by atoms with Crippen molar-refractivity contribution in [2.24, 2.45) is 5.10 Å². The Labute approximate surface area is 196 Å². The molecule has 0 bridgehead atoms. The van der Waals surface area contributed by atoms with Crippen LogP contribution in [0.25, 0.3) is 0 Å². The van der Waals surface area contributed by atoms with Crippen molar-refractivity contribution in [3.05, 3.63) is 65.3 Å². The minimum absolute atomic E-state index is 0.438. The molecule has 0 spiro atoms. The average Bonchev–Trinajstić information content (AvgIpc) is 2.83. The van der Waals surface area contributed by atoms with Crippen LogP contribution in [0, 0.1) is 0 Å². The van der Waals surface area contributed by atoms with Crippen molar-refractivity contribution >= 4 is 45.0 Å². The number of ether oxygens (including phenoxy) is 2. The quantitative estimate of drug-likeness (QED) is 0.585. The van der Waals surface area contributed by atoms with Gasteiger partial charge in [0.2, 0.25) is 11.8 Å². The molecule has 166 valence electrons. The molecule has 8 nitrogen and oxygen atoms in total. The zero-order chi connectivity index (χ0) is 22.5. The second-order valence-corrected chi connectivity index (χ2v) is 7.99. The van der Waals surface area contributed by atoms with Crippen LogP contribution in [-0.2, 0) is 4.74 Å². The van der Waals surface area contributed by atoms with E-state index in [2.05, 4.69) is 59.9 Å². The van der Waals surface area contributed by atoms with Gasteiger partial charge in [-0.2, -0.15) is 4.98 Å². The molecule has 2 aromatic rings. The van der Waals surface area contributed by atoms with Crippen molar-refractivity contribution in [2.75, 3.05) is 48.6 Å². The molecule has 0 radical (unpaired) electrons. The van der Waals surface area contributed by atoms with Crippen LogP contribution < -0.4 is 20.0 Å². The molecule has 0 amide bonds. The molecular weight excluding hydrogens is 472 g/mol. The zero-order valence-electron chi connectivity index (χ0n) is 18.1. The fraction of sp³-hybridized carbons (Fsp3) is 0.261. The fourth-order valence-corrected chi connectivity index (χ4v) is 3.68. The van der Waals surface area contributed by atoms with E-state index in [1.54, 1.807) is 17.3 Å². The second-order valence-electron chi connectivity index (χ2n) is 7.14. The maximum atomic E-state index is 5.98. The summed E-state index contributed by atoms with van der Waals surface area (Å²) in [5.74, 6) is 2.00. The lowest BCUT2D eigenvalue weighted by atomic mass is 10.2. The van der Waals surface area contributed by atoms with Gasteiger partial charge in [0.05, 0.1) is 25.0 Å². The van der Waals surface area contributed by atoms with E-state index in [4.69, 9.17) is 9.47 Å². The van der Waals surface area contributed by atoms with Gasteiger partial charge in [0.1, 0.15) is 0 Å². The summed E-state index contributed by atoms with van der Waals surface area (Å²) in [6, 6.07) is 8.21. The second kappa shape index (κ2) is 9.97. The SMILES string of the molecule is C=C/C=C(C1=NN(C)c2nc(Nc3ccc(N4CCOCC4)cc3)ncc2O1)\C(Br)=C/C. The molecular formula is C23H25BrN6O2. The Bertz CT molecular complexity index is 1070.